The summed E-state index contributed by atoms with van der Waals surface area (Å²) < 4.78 is 19.7. The molecule has 5 heterocycles. The van der Waals surface area contributed by atoms with Crippen LogP contribution in [0.15, 0.2) is 58.3 Å². The summed E-state index contributed by atoms with van der Waals surface area (Å²) >= 11 is 0. The van der Waals surface area contributed by atoms with Crippen LogP contribution in [0, 0.1) is 0 Å². The van der Waals surface area contributed by atoms with Gasteiger partial charge in [0.2, 0.25) is 5.95 Å². The highest BCUT2D eigenvalue weighted by Crippen LogP contribution is 2.34. The van der Waals surface area contributed by atoms with Gasteiger partial charge in [-0.25, -0.2) is 23.5 Å². The topological polar surface area (TPSA) is 114 Å². The van der Waals surface area contributed by atoms with Crippen molar-refractivity contribution in [3.63, 3.8) is 0 Å². The third-order valence-electron chi connectivity index (χ3n) is 7.68. The monoisotopic (exact) mass is 587 g/mol. The number of anilines is 3. The number of likely N-dealkylation sites (N-methyl/N-ethyl adjacent to an activating group) is 1. The molecule has 0 unspecified atom stereocenters. The van der Waals surface area contributed by atoms with Crippen molar-refractivity contribution in [2.45, 2.75) is 38.8 Å². The lowest BCUT2D eigenvalue weighted by Crippen LogP contribution is -2.33. The second-order valence-corrected chi connectivity index (χ2v) is 13.9. The van der Waals surface area contributed by atoms with Crippen molar-refractivity contribution >= 4 is 43.9 Å². The van der Waals surface area contributed by atoms with E-state index < -0.39 is 9.73 Å². The number of rotatable bonds is 7. The molecule has 0 spiro atoms. The number of aromatic nitrogens is 5. The predicted molar refractivity (Wildman–Crippen MR) is 169 cm³/mol. The molecular formula is C30H37N9O2S. The van der Waals surface area contributed by atoms with Crippen LogP contribution < -0.4 is 15.8 Å². The van der Waals surface area contributed by atoms with Gasteiger partial charge in [-0.05, 0) is 68.1 Å². The molecule has 4 aromatic rings. The minimum absolute atomic E-state index is 0.247. The standard InChI is InChI=1S/C30H37N9O2S/c1-5-13-38-29(40)24-19-31-30(34-28(24)39(38)27-11-9-10-26(33-27)35-42(3,4)41)32-22-17-21-20-36(2)16-12-23(21)25(18-22)37-14-7-6-8-15-37/h5,9-11,17-19H,1,6-8,12-16,20H2,2-4H3,(H,31,32,34). The Morgan fingerprint density at radius 3 is 2.69 bits per heavy atom. The Labute approximate surface area is 246 Å². The van der Waals surface area contributed by atoms with E-state index in [4.69, 9.17) is 4.98 Å². The average Bonchev–Trinajstić information content (AvgIpc) is 3.22. The Morgan fingerprint density at radius 1 is 1.12 bits per heavy atom. The third kappa shape index (κ3) is 5.68. The molecule has 0 amide bonds. The molecule has 1 fully saturated rings. The first-order chi connectivity index (χ1) is 20.2. The van der Waals surface area contributed by atoms with Crippen LogP contribution in [0.25, 0.3) is 16.9 Å². The molecule has 6 rings (SSSR count). The van der Waals surface area contributed by atoms with Crippen LogP contribution in [-0.2, 0) is 29.2 Å². The summed E-state index contributed by atoms with van der Waals surface area (Å²) in [5.74, 6) is 1.13. The highest BCUT2D eigenvalue weighted by atomic mass is 32.2. The number of hydrogen-bond donors (Lipinski definition) is 1. The Morgan fingerprint density at radius 2 is 1.93 bits per heavy atom. The largest absolute Gasteiger partial charge is 0.371 e. The van der Waals surface area contributed by atoms with Crippen LogP contribution in [0.4, 0.5) is 23.1 Å². The second kappa shape index (κ2) is 11.3. The summed E-state index contributed by atoms with van der Waals surface area (Å²) in [7, 11) is -0.264. The van der Waals surface area contributed by atoms with Gasteiger partial charge in [-0.3, -0.25) is 4.79 Å². The lowest BCUT2D eigenvalue weighted by atomic mass is 9.95. The molecule has 220 valence electrons. The van der Waals surface area contributed by atoms with Crippen molar-refractivity contribution in [1.82, 2.24) is 29.2 Å². The van der Waals surface area contributed by atoms with Gasteiger partial charge in [0.15, 0.2) is 17.3 Å². The van der Waals surface area contributed by atoms with E-state index in [1.807, 2.05) is 0 Å². The molecule has 2 aliphatic heterocycles. The van der Waals surface area contributed by atoms with Crippen LogP contribution in [0.5, 0.6) is 0 Å². The quantitative estimate of drug-likeness (QED) is 0.320. The third-order valence-corrected chi connectivity index (χ3v) is 8.31. The molecule has 2 aliphatic rings. The normalized spacial score (nSPS) is 15.9. The molecular weight excluding hydrogens is 550 g/mol. The van der Waals surface area contributed by atoms with E-state index in [0.717, 1.165) is 38.3 Å². The highest BCUT2D eigenvalue weighted by molar-refractivity contribution is 7.92. The minimum Gasteiger partial charge on any atom is -0.371 e. The lowest BCUT2D eigenvalue weighted by Gasteiger charge is -2.35. The molecule has 0 atom stereocenters. The number of hydrogen-bond acceptors (Lipinski definition) is 9. The van der Waals surface area contributed by atoms with Crippen LogP contribution in [-0.4, -0.2) is 72.6 Å². The molecule has 42 heavy (non-hydrogen) atoms. The van der Waals surface area contributed by atoms with Gasteiger partial charge in [0.25, 0.3) is 5.56 Å². The van der Waals surface area contributed by atoms with Crippen molar-refractivity contribution < 1.29 is 4.21 Å². The number of fused-ring (bicyclic) bond motifs is 2. The van der Waals surface area contributed by atoms with Crippen molar-refractivity contribution in [3.05, 3.63) is 70.7 Å². The average molecular weight is 588 g/mol. The van der Waals surface area contributed by atoms with Crippen molar-refractivity contribution in [2.75, 3.05) is 49.4 Å². The van der Waals surface area contributed by atoms with Gasteiger partial charge in [0, 0.05) is 66.0 Å². The van der Waals surface area contributed by atoms with Crippen LogP contribution >= 0.6 is 0 Å². The van der Waals surface area contributed by atoms with Crippen molar-refractivity contribution in [1.29, 1.82) is 0 Å². The zero-order valence-electron chi connectivity index (χ0n) is 24.4. The first-order valence-electron chi connectivity index (χ1n) is 14.3. The zero-order valence-corrected chi connectivity index (χ0v) is 25.2. The molecule has 12 heteroatoms. The first kappa shape index (κ1) is 28.1. The SMILES string of the molecule is C=CCn1c(=O)c2cnc(Nc3cc4c(c(N5CCCCC5)c3)CCN(C)C4)nc2n1-c1cccc(N=S(C)(C)=O)n1. The van der Waals surface area contributed by atoms with E-state index in [1.54, 1.807) is 47.7 Å². The Balaban J connectivity index is 1.45. The molecule has 1 saturated heterocycles. The van der Waals surface area contributed by atoms with Gasteiger partial charge in [-0.1, -0.05) is 12.1 Å². The Kier molecular flexibility index (Phi) is 7.58. The molecule has 11 nitrogen and oxygen atoms in total. The fourth-order valence-corrected chi connectivity index (χ4v) is 6.40. The summed E-state index contributed by atoms with van der Waals surface area (Å²) in [6, 6.07) is 9.64. The van der Waals surface area contributed by atoms with Gasteiger partial charge >= 0.3 is 0 Å². The van der Waals surface area contributed by atoms with Crippen molar-refractivity contribution in [2.24, 2.45) is 4.36 Å². The zero-order chi connectivity index (χ0) is 29.4. The number of pyridine rings is 1. The lowest BCUT2D eigenvalue weighted by molar-refractivity contribution is 0.313. The van der Waals surface area contributed by atoms with Gasteiger partial charge < -0.3 is 15.1 Å². The maximum Gasteiger partial charge on any atom is 0.278 e. The van der Waals surface area contributed by atoms with Gasteiger partial charge in [-0.15, -0.1) is 6.58 Å². The van der Waals surface area contributed by atoms with Crippen LogP contribution in [0.1, 0.15) is 30.4 Å². The maximum atomic E-state index is 13.4. The highest BCUT2D eigenvalue weighted by Gasteiger charge is 2.23. The number of allylic oxidation sites excluding steroid dienone is 1. The molecule has 0 radical (unpaired) electrons. The van der Waals surface area contributed by atoms with Gasteiger partial charge in [0.1, 0.15) is 5.39 Å². The van der Waals surface area contributed by atoms with Crippen molar-refractivity contribution in [3.8, 4) is 5.82 Å². The summed E-state index contributed by atoms with van der Waals surface area (Å²) in [4.78, 5) is 32.2. The number of benzene rings is 1. The van der Waals surface area contributed by atoms with Crippen LogP contribution in [0.3, 0.4) is 0 Å². The first-order valence-corrected chi connectivity index (χ1v) is 16.6. The number of piperidine rings is 1. The summed E-state index contributed by atoms with van der Waals surface area (Å²) in [5.41, 5.74) is 5.13. The van der Waals surface area contributed by atoms with E-state index in [2.05, 4.69) is 55.2 Å². The summed E-state index contributed by atoms with van der Waals surface area (Å²) in [6.07, 6.45) is 11.0. The molecule has 0 saturated carbocycles. The van der Waals surface area contributed by atoms with E-state index in [9.17, 15) is 9.00 Å². The molecule has 0 aliphatic carbocycles. The van der Waals surface area contributed by atoms with Crippen LogP contribution in [0.2, 0.25) is 0 Å². The Hall–Kier alpha value is -4.03. The van der Waals surface area contributed by atoms with E-state index in [-0.39, 0.29) is 12.1 Å². The van der Waals surface area contributed by atoms with E-state index in [0.29, 0.717) is 28.6 Å². The fourth-order valence-electron chi connectivity index (χ4n) is 5.85. The molecule has 0 bridgehead atoms. The smallest absolute Gasteiger partial charge is 0.278 e. The van der Waals surface area contributed by atoms with E-state index in [1.165, 1.54) is 40.8 Å². The van der Waals surface area contributed by atoms with E-state index >= 15 is 0 Å². The molecule has 1 N–H and O–H groups in total. The van der Waals surface area contributed by atoms with Gasteiger partial charge in [0.05, 0.1) is 6.54 Å². The summed E-state index contributed by atoms with van der Waals surface area (Å²) in [6.45, 7) is 8.15. The summed E-state index contributed by atoms with van der Waals surface area (Å²) in [5, 5.41) is 3.80. The maximum absolute atomic E-state index is 13.4. The number of nitrogens with zero attached hydrogens (tertiary/aromatic N) is 8. The predicted octanol–water partition coefficient (Wildman–Crippen LogP) is 4.24. The molecule has 3 aromatic heterocycles. The van der Waals surface area contributed by atoms with Gasteiger partial charge in [-0.2, -0.15) is 9.35 Å². The Bertz CT molecular complexity index is 1840. The molecule has 1 aromatic carbocycles. The number of nitrogens with one attached hydrogen (secondary N) is 1. The fraction of sp³-hybridized carbons (Fsp3) is 0.400. The second-order valence-electron chi connectivity index (χ2n) is 11.3. The minimum atomic E-state index is -2.42.